The van der Waals surface area contributed by atoms with Crippen LogP contribution in [0.5, 0.6) is 11.5 Å². The van der Waals surface area contributed by atoms with E-state index in [0.29, 0.717) is 34.5 Å². The molecule has 1 unspecified atom stereocenters. The highest BCUT2D eigenvalue weighted by Gasteiger charge is 2.16. The topological polar surface area (TPSA) is 96.6 Å². The Morgan fingerprint density at radius 1 is 1.24 bits per heavy atom. The second-order valence-electron chi connectivity index (χ2n) is 6.68. The summed E-state index contributed by atoms with van der Waals surface area (Å²) >= 11 is 9.68. The number of aliphatic imine (C=N–C) groups is 1. The fourth-order valence-corrected chi connectivity index (χ4v) is 3.31. The number of hydrogen-bond acceptors (Lipinski definition) is 6. The Bertz CT molecular complexity index is 1180. The zero-order valence-corrected chi connectivity index (χ0v) is 20.0. The minimum atomic E-state index is -1.09. The molecule has 7 nitrogen and oxygen atoms in total. The van der Waals surface area contributed by atoms with E-state index in [-0.39, 0.29) is 6.61 Å². The fraction of sp³-hybridized carbons (Fsp3) is 0.167. The van der Waals surface area contributed by atoms with Crippen molar-refractivity contribution in [2.24, 2.45) is 10.9 Å². The minimum Gasteiger partial charge on any atom is -0.493 e. The molecule has 168 valence electrons. The number of nitriles is 1. The van der Waals surface area contributed by atoms with Crippen molar-refractivity contribution in [2.75, 3.05) is 11.9 Å². The van der Waals surface area contributed by atoms with Crippen LogP contribution in [0.2, 0.25) is 5.02 Å². The largest absolute Gasteiger partial charge is 0.493 e. The molecule has 0 radical (unpaired) electrons. The van der Waals surface area contributed by atoms with E-state index in [9.17, 15) is 10.1 Å². The SMILES string of the molecule is CCOc1cc(N=CC(C#N)C(=O)Nc2ccc(OCc3ccccn3)c(Cl)c2)ccc1Br. The van der Waals surface area contributed by atoms with Crippen LogP contribution >= 0.6 is 27.5 Å². The average molecular weight is 528 g/mol. The first-order chi connectivity index (χ1) is 16.0. The number of rotatable bonds is 9. The van der Waals surface area contributed by atoms with E-state index >= 15 is 0 Å². The van der Waals surface area contributed by atoms with Gasteiger partial charge in [0.15, 0.2) is 5.92 Å². The first-order valence-corrected chi connectivity index (χ1v) is 11.2. The molecule has 0 saturated heterocycles. The van der Waals surface area contributed by atoms with E-state index in [1.807, 2.05) is 31.2 Å². The Hall–Kier alpha value is -3.41. The van der Waals surface area contributed by atoms with Gasteiger partial charge >= 0.3 is 0 Å². The van der Waals surface area contributed by atoms with Crippen LogP contribution in [0.15, 0.2) is 70.3 Å². The second kappa shape index (κ2) is 12.0. The summed E-state index contributed by atoms with van der Waals surface area (Å²) in [4.78, 5) is 21.0. The first kappa shape index (κ1) is 24.2. The van der Waals surface area contributed by atoms with Crippen molar-refractivity contribution in [1.82, 2.24) is 4.98 Å². The van der Waals surface area contributed by atoms with Crippen molar-refractivity contribution in [3.8, 4) is 17.6 Å². The van der Waals surface area contributed by atoms with Gasteiger partial charge in [-0.25, -0.2) is 0 Å². The van der Waals surface area contributed by atoms with Crippen LogP contribution in [-0.4, -0.2) is 23.7 Å². The number of nitrogens with one attached hydrogen (secondary N) is 1. The van der Waals surface area contributed by atoms with Gasteiger partial charge < -0.3 is 14.8 Å². The summed E-state index contributed by atoms with van der Waals surface area (Å²) in [7, 11) is 0. The normalized spacial score (nSPS) is 11.6. The number of anilines is 1. The molecule has 3 aromatic rings. The molecule has 2 aromatic carbocycles. The Labute approximate surface area is 205 Å². The van der Waals surface area contributed by atoms with Gasteiger partial charge in [-0.1, -0.05) is 17.7 Å². The van der Waals surface area contributed by atoms with Gasteiger partial charge in [0, 0.05) is 24.2 Å². The van der Waals surface area contributed by atoms with Crippen LogP contribution in [0.3, 0.4) is 0 Å². The summed E-state index contributed by atoms with van der Waals surface area (Å²) in [5.74, 6) is -0.533. The Kier molecular flexibility index (Phi) is 8.81. The summed E-state index contributed by atoms with van der Waals surface area (Å²) in [5.41, 5.74) is 1.76. The summed E-state index contributed by atoms with van der Waals surface area (Å²) in [6.45, 7) is 2.65. The third kappa shape index (κ3) is 7.04. The third-order valence-electron chi connectivity index (χ3n) is 4.31. The molecular formula is C24H20BrClN4O3. The number of carbonyl (C=O) groups excluding carboxylic acids is 1. The predicted octanol–water partition coefficient (Wildman–Crippen LogP) is 5.96. The summed E-state index contributed by atoms with van der Waals surface area (Å²) in [5, 5.41) is 12.4. The molecule has 1 N–H and O–H groups in total. The molecule has 0 aliphatic heterocycles. The van der Waals surface area contributed by atoms with Crippen LogP contribution in [0.25, 0.3) is 0 Å². The Morgan fingerprint density at radius 2 is 2.09 bits per heavy atom. The first-order valence-electron chi connectivity index (χ1n) is 9.99. The highest BCUT2D eigenvalue weighted by molar-refractivity contribution is 9.10. The van der Waals surface area contributed by atoms with Gasteiger partial charge in [0.05, 0.1) is 33.6 Å². The van der Waals surface area contributed by atoms with Crippen LogP contribution in [0, 0.1) is 17.2 Å². The number of benzene rings is 2. The molecule has 0 bridgehead atoms. The van der Waals surface area contributed by atoms with Gasteiger partial charge in [-0.3, -0.25) is 14.8 Å². The van der Waals surface area contributed by atoms with E-state index in [4.69, 9.17) is 21.1 Å². The maximum Gasteiger partial charge on any atom is 0.247 e. The van der Waals surface area contributed by atoms with Crippen molar-refractivity contribution in [3.05, 3.63) is 76.0 Å². The van der Waals surface area contributed by atoms with Crippen molar-refractivity contribution < 1.29 is 14.3 Å². The number of ether oxygens (including phenoxy) is 2. The van der Waals surface area contributed by atoms with Gasteiger partial charge in [-0.2, -0.15) is 5.26 Å². The lowest BCUT2D eigenvalue weighted by Gasteiger charge is -2.11. The lowest BCUT2D eigenvalue weighted by Crippen LogP contribution is -2.22. The van der Waals surface area contributed by atoms with E-state index in [0.717, 1.165) is 10.2 Å². The van der Waals surface area contributed by atoms with Gasteiger partial charge in [0.1, 0.15) is 18.1 Å². The molecule has 1 atom stereocenters. The highest BCUT2D eigenvalue weighted by atomic mass is 79.9. The van der Waals surface area contributed by atoms with Crippen molar-refractivity contribution in [3.63, 3.8) is 0 Å². The molecular weight excluding hydrogens is 508 g/mol. The maximum atomic E-state index is 12.6. The van der Waals surface area contributed by atoms with Crippen molar-refractivity contribution >= 4 is 51.0 Å². The average Bonchev–Trinajstić information content (AvgIpc) is 2.82. The molecule has 0 aliphatic rings. The third-order valence-corrected chi connectivity index (χ3v) is 5.26. The number of amides is 1. The smallest absolute Gasteiger partial charge is 0.247 e. The number of halogens is 2. The standard InChI is InChI=1S/C24H20BrClN4O3/c1-2-32-23-12-17(6-8-20(23)25)29-14-16(13-27)24(31)30-18-7-9-22(21(26)11-18)33-15-19-5-3-4-10-28-19/h3-12,14,16H,2,15H2,1H3,(H,30,31). The van der Waals surface area contributed by atoms with Gasteiger partial charge in [0.25, 0.3) is 0 Å². The predicted molar refractivity (Wildman–Crippen MR) is 131 cm³/mol. The molecule has 0 spiro atoms. The molecule has 1 heterocycles. The molecule has 33 heavy (non-hydrogen) atoms. The molecule has 0 fully saturated rings. The molecule has 1 aromatic heterocycles. The van der Waals surface area contributed by atoms with E-state index < -0.39 is 11.8 Å². The zero-order chi connectivity index (χ0) is 23.6. The fourth-order valence-electron chi connectivity index (χ4n) is 2.71. The van der Waals surface area contributed by atoms with E-state index in [1.165, 1.54) is 6.21 Å². The van der Waals surface area contributed by atoms with Gasteiger partial charge in [-0.05, 0) is 65.3 Å². The summed E-state index contributed by atoms with van der Waals surface area (Å²) < 4.78 is 12.0. The van der Waals surface area contributed by atoms with Gasteiger partial charge in [-0.15, -0.1) is 0 Å². The lowest BCUT2D eigenvalue weighted by molar-refractivity contribution is -0.116. The number of aromatic nitrogens is 1. The van der Waals surface area contributed by atoms with Crippen LogP contribution in [0.1, 0.15) is 12.6 Å². The quantitative estimate of drug-likeness (QED) is 0.347. The van der Waals surface area contributed by atoms with Crippen LogP contribution < -0.4 is 14.8 Å². The Balaban J connectivity index is 1.63. The molecule has 0 aliphatic carbocycles. The number of hydrogen-bond donors (Lipinski definition) is 1. The molecule has 0 saturated carbocycles. The van der Waals surface area contributed by atoms with E-state index in [2.05, 4.69) is 31.2 Å². The maximum absolute atomic E-state index is 12.6. The molecule has 1 amide bonds. The van der Waals surface area contributed by atoms with Crippen molar-refractivity contribution in [2.45, 2.75) is 13.5 Å². The zero-order valence-electron chi connectivity index (χ0n) is 17.7. The van der Waals surface area contributed by atoms with Gasteiger partial charge in [0.2, 0.25) is 5.91 Å². The second-order valence-corrected chi connectivity index (χ2v) is 7.94. The molecule has 3 rings (SSSR count). The number of nitrogens with zero attached hydrogens (tertiary/aromatic N) is 3. The van der Waals surface area contributed by atoms with E-state index in [1.54, 1.807) is 42.6 Å². The van der Waals surface area contributed by atoms with Crippen LogP contribution in [0.4, 0.5) is 11.4 Å². The van der Waals surface area contributed by atoms with Crippen LogP contribution in [-0.2, 0) is 11.4 Å². The number of pyridine rings is 1. The summed E-state index contributed by atoms with van der Waals surface area (Å²) in [6, 6.07) is 17.6. The number of carbonyl (C=O) groups is 1. The molecule has 9 heteroatoms. The Morgan fingerprint density at radius 3 is 2.79 bits per heavy atom. The minimum absolute atomic E-state index is 0.264. The summed E-state index contributed by atoms with van der Waals surface area (Å²) in [6.07, 6.45) is 2.97. The van der Waals surface area contributed by atoms with Crippen molar-refractivity contribution in [1.29, 1.82) is 5.26 Å². The highest BCUT2D eigenvalue weighted by Crippen LogP contribution is 2.30. The lowest BCUT2D eigenvalue weighted by atomic mass is 10.1. The monoisotopic (exact) mass is 526 g/mol.